The zero-order valence-electron chi connectivity index (χ0n) is 5.49. The first-order chi connectivity index (χ1) is 4.91. The second-order valence-corrected chi connectivity index (χ2v) is 6.48. The van der Waals surface area contributed by atoms with Crippen LogP contribution in [0.1, 0.15) is 6.92 Å². The minimum atomic E-state index is -3.74. The van der Waals surface area contributed by atoms with Crippen molar-refractivity contribution in [2.45, 2.75) is 15.9 Å². The Bertz CT molecular complexity index is 267. The summed E-state index contributed by atoms with van der Waals surface area (Å²) in [5, 5.41) is 0. The van der Waals surface area contributed by atoms with Crippen LogP contribution in [0.3, 0.4) is 0 Å². The molecule has 64 valence electrons. The third kappa shape index (κ3) is 3.46. The smallest absolute Gasteiger partial charge is 0.210 e. The molecule has 2 atom stereocenters. The molecule has 0 rings (SSSR count). The zero-order chi connectivity index (χ0) is 9.07. The van der Waals surface area contributed by atoms with Crippen molar-refractivity contribution in [2.24, 2.45) is 4.40 Å². The highest BCUT2D eigenvalue weighted by molar-refractivity contribution is 9.13. The lowest BCUT2D eigenvalue weighted by molar-refractivity contribution is 0.563. The van der Waals surface area contributed by atoms with Gasteiger partial charge >= 0.3 is 0 Å². The number of isocyanates is 1. The van der Waals surface area contributed by atoms with Gasteiger partial charge in [-0.2, -0.15) is 0 Å². The van der Waals surface area contributed by atoms with E-state index in [4.69, 9.17) is 0 Å². The Morgan fingerprint density at radius 3 is 2.18 bits per heavy atom. The number of halogens is 2. The molecule has 0 aromatic heterocycles. The molecule has 0 fully saturated rings. The van der Waals surface area contributed by atoms with Crippen LogP contribution < -0.4 is 0 Å². The first-order valence-electron chi connectivity index (χ1n) is 2.53. The summed E-state index contributed by atoms with van der Waals surface area (Å²) in [6.45, 7) is 1.62. The molecule has 4 nitrogen and oxygen atoms in total. The van der Waals surface area contributed by atoms with Crippen molar-refractivity contribution in [3.8, 4) is 0 Å². The van der Waals surface area contributed by atoms with Gasteiger partial charge in [0, 0.05) is 4.83 Å². The predicted octanol–water partition coefficient (Wildman–Crippen LogP) is 1.16. The topological polar surface area (TPSA) is 63.6 Å². The van der Waals surface area contributed by atoms with Crippen LogP contribution in [-0.2, 0) is 14.8 Å². The molecule has 0 saturated heterocycles. The predicted molar refractivity (Wildman–Crippen MR) is 48.1 cm³/mol. The molecule has 0 aliphatic carbocycles. The average molecular weight is 307 g/mol. The summed E-state index contributed by atoms with van der Waals surface area (Å²) >= 11 is 5.89. The Morgan fingerprint density at radius 1 is 1.45 bits per heavy atom. The summed E-state index contributed by atoms with van der Waals surface area (Å²) in [5.74, 6) is 0. The summed E-state index contributed by atoms with van der Waals surface area (Å²) in [5.41, 5.74) is 0. The molecule has 0 aliphatic rings. The van der Waals surface area contributed by atoms with Gasteiger partial charge in [-0.1, -0.05) is 43.2 Å². The lowest BCUT2D eigenvalue weighted by Crippen LogP contribution is -2.19. The van der Waals surface area contributed by atoms with Crippen molar-refractivity contribution < 1.29 is 13.2 Å². The fraction of sp³-hybridized carbons (Fsp3) is 0.750. The highest BCUT2D eigenvalue weighted by Crippen LogP contribution is 2.20. The zero-order valence-corrected chi connectivity index (χ0v) is 9.48. The van der Waals surface area contributed by atoms with Crippen molar-refractivity contribution in [3.63, 3.8) is 0 Å². The Kier molecular flexibility index (Phi) is 4.46. The Labute approximate surface area is 81.4 Å². The van der Waals surface area contributed by atoms with Crippen LogP contribution in [0.4, 0.5) is 0 Å². The van der Waals surface area contributed by atoms with Gasteiger partial charge in [-0.15, -0.1) is 0 Å². The fourth-order valence-corrected chi connectivity index (χ4v) is 2.09. The first-order valence-corrected chi connectivity index (χ1v) is 5.86. The van der Waals surface area contributed by atoms with Crippen LogP contribution in [0.5, 0.6) is 0 Å². The summed E-state index contributed by atoms with van der Waals surface area (Å²) in [6.07, 6.45) is 0.980. The van der Waals surface area contributed by atoms with E-state index in [-0.39, 0.29) is 4.83 Å². The molecule has 2 unspecified atom stereocenters. The maximum absolute atomic E-state index is 10.9. The molecule has 0 bridgehead atoms. The van der Waals surface area contributed by atoms with Gasteiger partial charge in [-0.05, 0) is 0 Å². The lowest BCUT2D eigenvalue weighted by atomic mass is 10.6. The molecule has 0 spiro atoms. The molecule has 0 aromatic rings. The number of sulfonamides is 1. The molecular formula is C4H5Br2NO3S. The maximum Gasteiger partial charge on any atom is 0.277 e. The number of rotatable bonds is 3. The van der Waals surface area contributed by atoms with Gasteiger partial charge in [0.05, 0.1) is 0 Å². The number of alkyl halides is 2. The van der Waals surface area contributed by atoms with Crippen molar-refractivity contribution in [1.82, 2.24) is 0 Å². The van der Waals surface area contributed by atoms with Crippen molar-refractivity contribution in [2.75, 3.05) is 0 Å². The van der Waals surface area contributed by atoms with E-state index in [0.29, 0.717) is 0 Å². The molecule has 0 heterocycles. The summed E-state index contributed by atoms with van der Waals surface area (Å²) in [6, 6.07) is 0. The summed E-state index contributed by atoms with van der Waals surface area (Å²) in [4.78, 5) is 9.33. The standard InChI is InChI=1S/C4H5Br2NO3S/c1-3(5)4(6)11(9,10)7-2-8/h3-4H,1H3. The van der Waals surface area contributed by atoms with E-state index >= 15 is 0 Å². The fourth-order valence-electron chi connectivity index (χ4n) is 0.339. The second kappa shape index (κ2) is 4.35. The van der Waals surface area contributed by atoms with Crippen LogP contribution >= 0.6 is 31.9 Å². The van der Waals surface area contributed by atoms with Gasteiger partial charge in [-0.25, -0.2) is 13.2 Å². The van der Waals surface area contributed by atoms with Crippen LogP contribution in [-0.4, -0.2) is 23.5 Å². The first kappa shape index (κ1) is 11.3. The molecule has 0 N–H and O–H groups in total. The quantitative estimate of drug-likeness (QED) is 0.446. The number of hydrogen-bond acceptors (Lipinski definition) is 3. The van der Waals surface area contributed by atoms with Gasteiger partial charge in [0.1, 0.15) is 4.16 Å². The summed E-state index contributed by atoms with van der Waals surface area (Å²) < 4.78 is 23.5. The van der Waals surface area contributed by atoms with E-state index in [1.54, 1.807) is 6.92 Å². The Balaban J connectivity index is 4.71. The SMILES string of the molecule is CC(Br)C(Br)S(=O)(=O)N=C=O. The molecule has 0 amide bonds. The minimum Gasteiger partial charge on any atom is -0.210 e. The van der Waals surface area contributed by atoms with Crippen LogP contribution in [0.15, 0.2) is 4.40 Å². The molecule has 0 saturated carbocycles. The van der Waals surface area contributed by atoms with Crippen molar-refractivity contribution in [3.05, 3.63) is 0 Å². The maximum atomic E-state index is 10.9. The van der Waals surface area contributed by atoms with Gasteiger partial charge in [-0.3, -0.25) is 0 Å². The third-order valence-corrected chi connectivity index (χ3v) is 5.91. The van der Waals surface area contributed by atoms with Crippen molar-refractivity contribution >= 4 is 48.0 Å². The van der Waals surface area contributed by atoms with E-state index in [0.717, 1.165) is 6.08 Å². The third-order valence-electron chi connectivity index (χ3n) is 0.810. The molecule has 0 aromatic carbocycles. The van der Waals surface area contributed by atoms with Gasteiger partial charge in [0.25, 0.3) is 16.1 Å². The number of hydrogen-bond donors (Lipinski definition) is 0. The lowest BCUT2D eigenvalue weighted by Gasteiger charge is -2.06. The van der Waals surface area contributed by atoms with E-state index in [2.05, 4.69) is 36.3 Å². The number of nitrogens with zero attached hydrogens (tertiary/aromatic N) is 1. The second-order valence-electron chi connectivity index (χ2n) is 1.73. The van der Waals surface area contributed by atoms with Crippen LogP contribution in [0.2, 0.25) is 0 Å². The molecule has 0 radical (unpaired) electrons. The Hall–Kier alpha value is 0.290. The van der Waals surface area contributed by atoms with Gasteiger partial charge in [0.15, 0.2) is 0 Å². The largest absolute Gasteiger partial charge is 0.277 e. The minimum absolute atomic E-state index is 0.315. The number of carbonyl (C=O) groups excluding carboxylic acids is 1. The molecule has 11 heavy (non-hydrogen) atoms. The van der Waals surface area contributed by atoms with Gasteiger partial charge in [0.2, 0.25) is 0 Å². The highest BCUT2D eigenvalue weighted by atomic mass is 79.9. The van der Waals surface area contributed by atoms with E-state index in [9.17, 15) is 13.2 Å². The van der Waals surface area contributed by atoms with Crippen molar-refractivity contribution in [1.29, 1.82) is 0 Å². The molecule has 7 heteroatoms. The normalized spacial score (nSPS) is 16.6. The van der Waals surface area contributed by atoms with Crippen LogP contribution in [0, 0.1) is 0 Å². The Morgan fingerprint density at radius 2 is 1.91 bits per heavy atom. The van der Waals surface area contributed by atoms with E-state index in [1.165, 1.54) is 0 Å². The molecule has 0 aliphatic heterocycles. The highest BCUT2D eigenvalue weighted by Gasteiger charge is 2.26. The average Bonchev–Trinajstić information content (AvgIpc) is 1.86. The van der Waals surface area contributed by atoms with Gasteiger partial charge < -0.3 is 0 Å². The van der Waals surface area contributed by atoms with E-state index < -0.39 is 14.2 Å². The summed E-state index contributed by atoms with van der Waals surface area (Å²) in [7, 11) is -3.74. The molecular weight excluding hydrogens is 302 g/mol. The van der Waals surface area contributed by atoms with E-state index in [1.807, 2.05) is 0 Å². The monoisotopic (exact) mass is 305 g/mol. The van der Waals surface area contributed by atoms with Crippen LogP contribution in [0.25, 0.3) is 0 Å².